The Balaban J connectivity index is 3.35. The van der Waals surface area contributed by atoms with Crippen molar-refractivity contribution >= 4 is 0 Å². The van der Waals surface area contributed by atoms with Crippen molar-refractivity contribution in [3.63, 3.8) is 0 Å². The predicted molar refractivity (Wildman–Crippen MR) is 48.0 cm³/mol. The Hall–Kier alpha value is -0.160. The van der Waals surface area contributed by atoms with Gasteiger partial charge in [0.15, 0.2) is 0 Å². The molecule has 0 bridgehead atoms. The van der Waals surface area contributed by atoms with Gasteiger partial charge >= 0.3 is 0 Å². The minimum atomic E-state index is 0.372. The molecule has 0 heterocycles. The Morgan fingerprint density at radius 3 is 1.75 bits per heavy atom. The summed E-state index contributed by atoms with van der Waals surface area (Å²) in [5, 5.41) is 0. The standard InChI is InChI=1S/C8H22N2O2/c1-9(2,3)7-8-11-12-10(4,5)6/h7-8H2,1-6H3/q+2. The molecule has 0 spiro atoms. The van der Waals surface area contributed by atoms with E-state index in [0.717, 1.165) is 11.0 Å². The summed E-state index contributed by atoms with van der Waals surface area (Å²) in [7, 11) is 12.1. The van der Waals surface area contributed by atoms with Crippen molar-refractivity contribution in [3.8, 4) is 0 Å². The third kappa shape index (κ3) is 9.84. The van der Waals surface area contributed by atoms with Crippen LogP contribution >= 0.6 is 0 Å². The molecule has 12 heavy (non-hydrogen) atoms. The van der Waals surface area contributed by atoms with Crippen LogP contribution < -0.4 is 0 Å². The number of rotatable bonds is 5. The monoisotopic (exact) mass is 178 g/mol. The number of quaternary nitrogens is 2. The molecule has 0 aliphatic rings. The first-order valence-corrected chi connectivity index (χ1v) is 4.14. The topological polar surface area (TPSA) is 18.5 Å². The van der Waals surface area contributed by atoms with E-state index < -0.39 is 0 Å². The lowest BCUT2D eigenvalue weighted by Gasteiger charge is -2.24. The Bertz CT molecular complexity index is 108. The number of likely N-dealkylation sites (N-methyl/N-ethyl adjacent to an activating group) is 1. The molecule has 0 rings (SSSR count). The highest BCUT2D eigenvalue weighted by Gasteiger charge is 2.11. The molecule has 0 unspecified atom stereocenters. The normalized spacial score (nSPS) is 13.5. The predicted octanol–water partition coefficient (Wildman–Crippen LogP) is 0.262. The van der Waals surface area contributed by atoms with Crippen LogP contribution in [0.15, 0.2) is 0 Å². The second kappa shape index (κ2) is 4.18. The summed E-state index contributed by atoms with van der Waals surface area (Å²) >= 11 is 0. The average molecular weight is 178 g/mol. The van der Waals surface area contributed by atoms with Crippen molar-refractivity contribution in [1.82, 2.24) is 0 Å². The van der Waals surface area contributed by atoms with E-state index in [9.17, 15) is 0 Å². The molecule has 0 saturated heterocycles. The van der Waals surface area contributed by atoms with Gasteiger partial charge in [0.25, 0.3) is 0 Å². The van der Waals surface area contributed by atoms with Gasteiger partial charge in [-0.1, -0.05) is 0 Å². The Morgan fingerprint density at radius 1 is 0.917 bits per heavy atom. The van der Waals surface area contributed by atoms with Crippen molar-refractivity contribution < 1.29 is 19.0 Å². The summed E-state index contributed by atoms with van der Waals surface area (Å²) in [6, 6.07) is 0. The molecular formula is C8H22N2O2+2. The van der Waals surface area contributed by atoms with E-state index in [1.54, 1.807) is 0 Å². The van der Waals surface area contributed by atoms with Gasteiger partial charge in [-0.05, 0) is 4.99 Å². The van der Waals surface area contributed by atoms with Crippen LogP contribution in [0, 0.1) is 0 Å². The first kappa shape index (κ1) is 11.8. The Kier molecular flexibility index (Phi) is 4.13. The van der Waals surface area contributed by atoms with Crippen molar-refractivity contribution in [3.05, 3.63) is 0 Å². The van der Waals surface area contributed by atoms with Crippen molar-refractivity contribution in [2.45, 2.75) is 0 Å². The van der Waals surface area contributed by atoms with Gasteiger partial charge in [0.2, 0.25) is 0 Å². The molecule has 0 amide bonds. The molecule has 0 atom stereocenters. The zero-order chi connectivity index (χ0) is 9.83. The van der Waals surface area contributed by atoms with Crippen molar-refractivity contribution in [1.29, 1.82) is 0 Å². The summed E-state index contributed by atoms with van der Waals surface area (Å²) in [6.07, 6.45) is 0. The van der Waals surface area contributed by atoms with Crippen LogP contribution in [0.3, 0.4) is 0 Å². The van der Waals surface area contributed by atoms with Gasteiger partial charge in [-0.3, -0.25) is 0 Å². The van der Waals surface area contributed by atoms with Gasteiger partial charge in [0.05, 0.1) is 21.1 Å². The van der Waals surface area contributed by atoms with Crippen LogP contribution in [-0.2, 0) is 9.88 Å². The first-order chi connectivity index (χ1) is 5.21. The largest absolute Gasteiger partial charge is 0.329 e. The highest BCUT2D eigenvalue weighted by Crippen LogP contribution is 1.95. The minimum Gasteiger partial charge on any atom is -0.329 e. The zero-order valence-electron chi connectivity index (χ0n) is 9.13. The van der Waals surface area contributed by atoms with Crippen LogP contribution in [0.1, 0.15) is 0 Å². The van der Waals surface area contributed by atoms with Gasteiger partial charge in [0.1, 0.15) is 34.3 Å². The summed E-state index contributed by atoms with van der Waals surface area (Å²) < 4.78 is 1.26. The average Bonchev–Trinajstić information content (AvgIpc) is 1.76. The maximum absolute atomic E-state index is 5.05. The molecule has 0 radical (unpaired) electrons. The van der Waals surface area contributed by atoms with Crippen LogP contribution in [0.4, 0.5) is 0 Å². The van der Waals surface area contributed by atoms with Crippen molar-refractivity contribution in [2.75, 3.05) is 55.4 Å². The smallest absolute Gasteiger partial charge is 0.137 e. The van der Waals surface area contributed by atoms with Crippen molar-refractivity contribution in [2.24, 2.45) is 0 Å². The second-order valence-electron chi connectivity index (χ2n) is 4.80. The molecule has 0 saturated carbocycles. The molecular weight excluding hydrogens is 156 g/mol. The molecule has 0 aliphatic heterocycles. The van der Waals surface area contributed by atoms with Gasteiger partial charge in [-0.2, -0.15) is 9.53 Å². The summed E-state index contributed by atoms with van der Waals surface area (Å²) in [4.78, 5) is 10.1. The number of hydrogen-bond acceptors (Lipinski definition) is 2. The lowest BCUT2D eigenvalue weighted by atomic mass is 10.5. The maximum atomic E-state index is 5.05. The fourth-order valence-corrected chi connectivity index (χ4v) is 0.507. The van der Waals surface area contributed by atoms with E-state index in [0.29, 0.717) is 11.3 Å². The third-order valence-corrected chi connectivity index (χ3v) is 1.12. The highest BCUT2D eigenvalue weighted by atomic mass is 17.3. The highest BCUT2D eigenvalue weighted by molar-refractivity contribution is 4.21. The number of nitrogens with zero attached hydrogens (tertiary/aromatic N) is 2. The van der Waals surface area contributed by atoms with Gasteiger partial charge in [0, 0.05) is 0 Å². The van der Waals surface area contributed by atoms with Gasteiger partial charge in [-0.25, -0.2) is 0 Å². The summed E-state index contributed by atoms with van der Waals surface area (Å²) in [5.74, 6) is 0. The van der Waals surface area contributed by atoms with E-state index >= 15 is 0 Å². The fourth-order valence-electron chi connectivity index (χ4n) is 0.507. The molecule has 0 fully saturated rings. The molecule has 74 valence electrons. The Morgan fingerprint density at radius 2 is 1.42 bits per heavy atom. The fraction of sp³-hybridized carbons (Fsp3) is 1.00. The van der Waals surface area contributed by atoms with E-state index in [1.165, 1.54) is 0 Å². The molecule has 0 N–H and O–H groups in total. The molecule has 0 aromatic rings. The zero-order valence-corrected chi connectivity index (χ0v) is 9.13. The van der Waals surface area contributed by atoms with Crippen LogP contribution in [-0.4, -0.2) is 64.6 Å². The molecule has 0 aliphatic carbocycles. The molecule has 4 heteroatoms. The third-order valence-electron chi connectivity index (χ3n) is 1.12. The summed E-state index contributed by atoms with van der Waals surface area (Å²) in [6.45, 7) is 1.57. The van der Waals surface area contributed by atoms with Gasteiger partial charge < -0.3 is 4.48 Å². The first-order valence-electron chi connectivity index (χ1n) is 4.14. The number of hydrogen-bond donors (Lipinski definition) is 0. The van der Waals surface area contributed by atoms with E-state index in [2.05, 4.69) is 21.1 Å². The van der Waals surface area contributed by atoms with Crippen LogP contribution in [0.2, 0.25) is 0 Å². The van der Waals surface area contributed by atoms with E-state index in [-0.39, 0.29) is 0 Å². The van der Waals surface area contributed by atoms with Crippen LogP contribution in [0.25, 0.3) is 0 Å². The van der Waals surface area contributed by atoms with Gasteiger partial charge in [-0.15, -0.1) is 0 Å². The quantitative estimate of drug-likeness (QED) is 0.260. The lowest BCUT2D eigenvalue weighted by molar-refractivity contribution is -1.11. The second-order valence-corrected chi connectivity index (χ2v) is 4.80. The molecule has 0 aromatic carbocycles. The molecule has 0 aromatic heterocycles. The van der Waals surface area contributed by atoms with Crippen LogP contribution in [0.5, 0.6) is 0 Å². The molecule has 4 nitrogen and oxygen atoms in total. The SMILES string of the molecule is C[N+](C)(C)CCOO[N+](C)(C)C. The lowest BCUT2D eigenvalue weighted by Crippen LogP contribution is -2.40. The summed E-state index contributed by atoms with van der Waals surface area (Å²) in [5.41, 5.74) is 0. The van der Waals surface area contributed by atoms with E-state index in [1.807, 2.05) is 21.1 Å². The van der Waals surface area contributed by atoms with E-state index in [4.69, 9.17) is 9.88 Å². The maximum Gasteiger partial charge on any atom is 0.137 e. The minimum absolute atomic E-state index is 0.372. The Labute approximate surface area is 75.3 Å². The number of hydroxylamine groups is 3.